The number of pyridine rings is 1. The van der Waals surface area contributed by atoms with Crippen molar-refractivity contribution in [2.75, 3.05) is 5.32 Å². The second-order valence-corrected chi connectivity index (χ2v) is 7.60. The number of hydrogen-bond acceptors (Lipinski definition) is 6. The van der Waals surface area contributed by atoms with E-state index in [1.807, 2.05) is 6.92 Å². The molecule has 0 fully saturated rings. The van der Waals surface area contributed by atoms with Crippen LogP contribution in [0.5, 0.6) is 0 Å². The second-order valence-electron chi connectivity index (χ2n) is 5.36. The molecule has 0 aliphatic heterocycles. The lowest BCUT2D eigenvalue weighted by molar-refractivity contribution is 0.606. The van der Waals surface area contributed by atoms with Crippen molar-refractivity contribution in [3.63, 3.8) is 0 Å². The average molecular weight is 504 g/mol. The molecule has 0 aliphatic carbocycles. The van der Waals surface area contributed by atoms with Gasteiger partial charge in [0.25, 0.3) is 0 Å². The average Bonchev–Trinajstić information content (AvgIpc) is 2.82. The molecule has 0 aliphatic rings. The van der Waals surface area contributed by atoms with Crippen molar-refractivity contribution >= 4 is 79.7 Å². The van der Waals surface area contributed by atoms with E-state index in [-0.39, 0.29) is 48.5 Å². The molecule has 26 heavy (non-hydrogen) atoms. The lowest BCUT2D eigenvalue weighted by Crippen LogP contribution is -2.17. The third-order valence-electron chi connectivity index (χ3n) is 3.33. The molecule has 1 atom stereocenters. The van der Waals surface area contributed by atoms with Crippen LogP contribution in [0.3, 0.4) is 0 Å². The summed E-state index contributed by atoms with van der Waals surface area (Å²) in [5.41, 5.74) is 7.12. The van der Waals surface area contributed by atoms with E-state index in [2.05, 4.69) is 36.2 Å². The van der Waals surface area contributed by atoms with Crippen LogP contribution in [0, 0.1) is 5.82 Å². The Morgan fingerprint density at radius 1 is 1.38 bits per heavy atom. The SMILES string of the molecule is CC(N)Cc1sc2c(NCc3ccncc3F)nc(Cl)nc2c1Br.Cl.Cl. The van der Waals surface area contributed by atoms with Gasteiger partial charge < -0.3 is 11.1 Å². The van der Waals surface area contributed by atoms with E-state index in [1.54, 1.807) is 23.6 Å². The Kier molecular flexibility index (Phi) is 8.92. The van der Waals surface area contributed by atoms with Gasteiger partial charge in [-0.1, -0.05) is 0 Å². The number of thiophene rings is 1. The number of halogens is 5. The fraction of sp³-hybridized carbons (Fsp3) is 0.267. The molecule has 142 valence electrons. The van der Waals surface area contributed by atoms with Crippen molar-refractivity contribution in [1.82, 2.24) is 15.0 Å². The van der Waals surface area contributed by atoms with Gasteiger partial charge in [-0.05, 0) is 46.9 Å². The lowest BCUT2D eigenvalue weighted by Gasteiger charge is -2.07. The fourth-order valence-electron chi connectivity index (χ4n) is 2.24. The number of aromatic nitrogens is 3. The summed E-state index contributed by atoms with van der Waals surface area (Å²) in [4.78, 5) is 13.4. The standard InChI is InChI=1S/C15H14BrClFN5S.2ClH/c1-7(19)4-10-11(16)12-13(24-10)14(23-15(17)22-12)21-5-8-2-3-20-6-9(8)18;;/h2-3,6-7H,4-5,19H2,1H3,(H,21,22,23);2*1H. The molecule has 11 heteroatoms. The van der Waals surface area contributed by atoms with E-state index < -0.39 is 0 Å². The van der Waals surface area contributed by atoms with Crippen LogP contribution in [-0.2, 0) is 13.0 Å². The van der Waals surface area contributed by atoms with Crippen LogP contribution < -0.4 is 11.1 Å². The van der Waals surface area contributed by atoms with Crippen LogP contribution in [0.15, 0.2) is 22.9 Å². The predicted molar refractivity (Wildman–Crippen MR) is 113 cm³/mol. The summed E-state index contributed by atoms with van der Waals surface area (Å²) in [6.07, 6.45) is 3.45. The van der Waals surface area contributed by atoms with Crippen LogP contribution in [0.4, 0.5) is 10.2 Å². The highest BCUT2D eigenvalue weighted by Crippen LogP contribution is 2.39. The molecule has 0 aromatic carbocycles. The number of nitrogens with one attached hydrogen (secondary N) is 1. The smallest absolute Gasteiger partial charge is 0.225 e. The first-order valence-electron chi connectivity index (χ1n) is 7.18. The summed E-state index contributed by atoms with van der Waals surface area (Å²) in [5, 5.41) is 3.27. The summed E-state index contributed by atoms with van der Waals surface area (Å²) in [6.45, 7) is 2.22. The molecule has 3 aromatic heterocycles. The number of rotatable bonds is 5. The minimum Gasteiger partial charge on any atom is -0.365 e. The molecule has 0 amide bonds. The minimum atomic E-state index is -0.369. The Hall–Kier alpha value is -0.770. The van der Waals surface area contributed by atoms with Crippen LogP contribution >= 0.6 is 63.7 Å². The van der Waals surface area contributed by atoms with Crippen molar-refractivity contribution in [2.24, 2.45) is 5.73 Å². The van der Waals surface area contributed by atoms with Gasteiger partial charge in [0.1, 0.15) is 17.2 Å². The van der Waals surface area contributed by atoms with Crippen molar-refractivity contribution in [1.29, 1.82) is 0 Å². The molecule has 5 nitrogen and oxygen atoms in total. The zero-order valence-corrected chi connectivity index (χ0v) is 18.3. The minimum absolute atomic E-state index is 0. The van der Waals surface area contributed by atoms with E-state index in [9.17, 15) is 4.39 Å². The highest BCUT2D eigenvalue weighted by molar-refractivity contribution is 9.10. The van der Waals surface area contributed by atoms with E-state index in [0.717, 1.165) is 26.0 Å². The molecule has 3 aromatic rings. The summed E-state index contributed by atoms with van der Waals surface area (Å²) in [7, 11) is 0. The number of nitrogens with zero attached hydrogens (tertiary/aromatic N) is 3. The van der Waals surface area contributed by atoms with Gasteiger partial charge in [0.15, 0.2) is 0 Å². The molecule has 1 unspecified atom stereocenters. The van der Waals surface area contributed by atoms with Gasteiger partial charge in [-0.25, -0.2) is 9.37 Å². The highest BCUT2D eigenvalue weighted by Gasteiger charge is 2.17. The van der Waals surface area contributed by atoms with Crippen molar-refractivity contribution in [3.8, 4) is 0 Å². The Morgan fingerprint density at radius 2 is 2.12 bits per heavy atom. The molecule has 3 rings (SSSR count). The maximum atomic E-state index is 13.7. The Labute approximate surface area is 179 Å². The Balaban J connectivity index is 0.00000169. The van der Waals surface area contributed by atoms with E-state index in [1.165, 1.54) is 6.20 Å². The molecule has 0 saturated carbocycles. The number of fused-ring (bicyclic) bond motifs is 1. The van der Waals surface area contributed by atoms with Gasteiger partial charge in [-0.15, -0.1) is 36.2 Å². The molecule has 3 heterocycles. The Morgan fingerprint density at radius 3 is 2.77 bits per heavy atom. The van der Waals surface area contributed by atoms with Gasteiger partial charge >= 0.3 is 0 Å². The normalized spacial score (nSPS) is 11.6. The quantitative estimate of drug-likeness (QED) is 0.480. The van der Waals surface area contributed by atoms with Gasteiger partial charge in [0, 0.05) is 29.2 Å². The van der Waals surface area contributed by atoms with Crippen LogP contribution in [0.1, 0.15) is 17.4 Å². The zero-order valence-electron chi connectivity index (χ0n) is 13.5. The summed E-state index contributed by atoms with van der Waals surface area (Å²) in [5.74, 6) is 0.203. The Bertz CT molecular complexity index is 893. The van der Waals surface area contributed by atoms with Gasteiger partial charge in [-0.3, -0.25) is 4.98 Å². The first-order chi connectivity index (χ1) is 11.5. The number of nitrogens with two attached hydrogens (primary N) is 1. The summed E-state index contributed by atoms with van der Waals surface area (Å²) < 4.78 is 15.5. The maximum Gasteiger partial charge on any atom is 0.225 e. The van der Waals surface area contributed by atoms with Gasteiger partial charge in [0.2, 0.25) is 5.28 Å². The predicted octanol–water partition coefficient (Wildman–Crippen LogP) is 4.99. The lowest BCUT2D eigenvalue weighted by atomic mass is 10.2. The first kappa shape index (κ1) is 23.3. The van der Waals surface area contributed by atoms with E-state index in [4.69, 9.17) is 17.3 Å². The first-order valence-corrected chi connectivity index (χ1v) is 9.16. The third-order valence-corrected chi connectivity index (χ3v) is 5.82. The molecule has 0 saturated heterocycles. The largest absolute Gasteiger partial charge is 0.365 e. The van der Waals surface area contributed by atoms with Crippen molar-refractivity contribution < 1.29 is 4.39 Å². The highest BCUT2D eigenvalue weighted by atomic mass is 79.9. The number of hydrogen-bond donors (Lipinski definition) is 2. The van der Waals surface area contributed by atoms with E-state index in [0.29, 0.717) is 11.4 Å². The molecule has 3 N–H and O–H groups in total. The van der Waals surface area contributed by atoms with Gasteiger partial charge in [0.05, 0.1) is 15.4 Å². The monoisotopic (exact) mass is 501 g/mol. The second kappa shape index (κ2) is 9.96. The zero-order chi connectivity index (χ0) is 17.3. The number of anilines is 1. The molecular weight excluding hydrogens is 488 g/mol. The molecular formula is C15H16BrCl3FN5S. The molecule has 0 bridgehead atoms. The topological polar surface area (TPSA) is 76.7 Å². The van der Waals surface area contributed by atoms with Crippen molar-refractivity contribution in [2.45, 2.75) is 25.9 Å². The maximum absolute atomic E-state index is 13.7. The third kappa shape index (κ3) is 5.15. The summed E-state index contributed by atoms with van der Waals surface area (Å²) >= 11 is 11.2. The molecule has 0 radical (unpaired) electrons. The summed E-state index contributed by atoms with van der Waals surface area (Å²) in [6, 6.07) is 1.65. The van der Waals surface area contributed by atoms with Crippen molar-refractivity contribution in [3.05, 3.63) is 44.5 Å². The molecule has 0 spiro atoms. The van der Waals surface area contributed by atoms with Crippen LogP contribution in [-0.4, -0.2) is 21.0 Å². The van der Waals surface area contributed by atoms with E-state index >= 15 is 0 Å². The van der Waals surface area contributed by atoms with Crippen LogP contribution in [0.2, 0.25) is 5.28 Å². The van der Waals surface area contributed by atoms with Gasteiger partial charge in [-0.2, -0.15) is 4.98 Å². The van der Waals surface area contributed by atoms with Crippen LogP contribution in [0.25, 0.3) is 10.2 Å². The fourth-order valence-corrected chi connectivity index (χ4v) is 4.47.